The summed E-state index contributed by atoms with van der Waals surface area (Å²) in [5, 5.41) is 30.5. The lowest BCUT2D eigenvalue weighted by Gasteiger charge is -2.37. The van der Waals surface area contributed by atoms with Crippen LogP contribution in [0.1, 0.15) is 35.6 Å². The zero-order chi connectivity index (χ0) is 21.1. The Morgan fingerprint density at radius 3 is 2.60 bits per heavy atom. The van der Waals surface area contributed by atoms with Gasteiger partial charge in [0.25, 0.3) is 0 Å². The van der Waals surface area contributed by atoms with Crippen molar-refractivity contribution in [2.24, 2.45) is 0 Å². The molecule has 162 valence electrons. The molecule has 7 heteroatoms. The second-order valence-corrected chi connectivity index (χ2v) is 8.34. The van der Waals surface area contributed by atoms with Gasteiger partial charge in [-0.15, -0.1) is 0 Å². The Morgan fingerprint density at radius 2 is 1.90 bits per heavy atom. The van der Waals surface area contributed by atoms with Crippen LogP contribution in [0, 0.1) is 0 Å². The molecule has 4 rings (SSSR count). The zero-order valence-electron chi connectivity index (χ0n) is 16.6. The summed E-state index contributed by atoms with van der Waals surface area (Å²) in [4.78, 5) is 0. The standard InChI is InChI=1S/C23H27ClO6/c24-20-6-3-15(23-22(27)21(26)11-19(12-25)30-23)10-16(20)9-14-1-4-17(5-2-14)29-18-7-8-28-13-18/h1-6,10,18-19,21-23,25-27H,7-9,11-13H2/t18-,19-,21-,22+,23-/m0/s1. The minimum Gasteiger partial charge on any atom is -0.488 e. The second kappa shape index (κ2) is 9.64. The van der Waals surface area contributed by atoms with Gasteiger partial charge in [-0.1, -0.05) is 35.9 Å². The van der Waals surface area contributed by atoms with E-state index >= 15 is 0 Å². The monoisotopic (exact) mass is 434 g/mol. The smallest absolute Gasteiger partial charge is 0.124 e. The highest BCUT2D eigenvalue weighted by atomic mass is 35.5. The van der Waals surface area contributed by atoms with Crippen molar-refractivity contribution in [2.75, 3.05) is 19.8 Å². The van der Waals surface area contributed by atoms with Gasteiger partial charge in [0.1, 0.15) is 24.1 Å². The SMILES string of the molecule is OC[C@@H]1C[C@H](O)[C@@H](O)[C@H](c2ccc(Cl)c(Cc3ccc(O[C@H]4CCOC4)cc3)c2)O1. The van der Waals surface area contributed by atoms with Crippen LogP contribution in [0.4, 0.5) is 0 Å². The van der Waals surface area contributed by atoms with E-state index in [0.717, 1.165) is 35.5 Å². The summed E-state index contributed by atoms with van der Waals surface area (Å²) in [6, 6.07) is 13.4. The number of hydrogen-bond acceptors (Lipinski definition) is 6. The number of ether oxygens (including phenoxy) is 3. The highest BCUT2D eigenvalue weighted by Crippen LogP contribution is 2.34. The maximum absolute atomic E-state index is 10.4. The number of benzene rings is 2. The molecular weight excluding hydrogens is 408 g/mol. The van der Waals surface area contributed by atoms with Crippen LogP contribution in [0.3, 0.4) is 0 Å². The van der Waals surface area contributed by atoms with Gasteiger partial charge in [0.2, 0.25) is 0 Å². The first-order valence-corrected chi connectivity index (χ1v) is 10.7. The van der Waals surface area contributed by atoms with Gasteiger partial charge in [0.15, 0.2) is 0 Å². The highest BCUT2D eigenvalue weighted by molar-refractivity contribution is 6.31. The fourth-order valence-electron chi connectivity index (χ4n) is 3.96. The van der Waals surface area contributed by atoms with Crippen molar-refractivity contribution in [3.63, 3.8) is 0 Å². The number of aliphatic hydroxyl groups is 3. The van der Waals surface area contributed by atoms with Gasteiger partial charge in [-0.05, 0) is 41.3 Å². The molecule has 2 aromatic carbocycles. The first-order valence-electron chi connectivity index (χ1n) is 10.3. The molecule has 2 aliphatic heterocycles. The second-order valence-electron chi connectivity index (χ2n) is 7.93. The van der Waals surface area contributed by atoms with E-state index in [1.807, 2.05) is 30.3 Å². The number of aliphatic hydroxyl groups excluding tert-OH is 3. The van der Waals surface area contributed by atoms with Crippen LogP contribution in [0.15, 0.2) is 42.5 Å². The molecule has 5 atom stereocenters. The van der Waals surface area contributed by atoms with Crippen molar-refractivity contribution in [2.45, 2.75) is 49.8 Å². The topological polar surface area (TPSA) is 88.4 Å². The molecule has 0 aromatic heterocycles. The van der Waals surface area contributed by atoms with Crippen LogP contribution in [-0.4, -0.2) is 59.6 Å². The van der Waals surface area contributed by atoms with Crippen LogP contribution in [0.5, 0.6) is 5.75 Å². The molecule has 30 heavy (non-hydrogen) atoms. The van der Waals surface area contributed by atoms with Gasteiger partial charge in [0, 0.05) is 17.9 Å². The third kappa shape index (κ3) is 4.97. The summed E-state index contributed by atoms with van der Waals surface area (Å²) in [6.07, 6.45) is -1.40. The lowest BCUT2D eigenvalue weighted by atomic mass is 9.91. The molecule has 0 amide bonds. The van der Waals surface area contributed by atoms with Crippen molar-refractivity contribution in [3.8, 4) is 5.75 Å². The maximum atomic E-state index is 10.4. The van der Waals surface area contributed by atoms with Gasteiger partial charge in [-0.3, -0.25) is 0 Å². The third-order valence-electron chi connectivity index (χ3n) is 5.66. The van der Waals surface area contributed by atoms with Crippen molar-refractivity contribution >= 4 is 11.6 Å². The molecule has 6 nitrogen and oxygen atoms in total. The van der Waals surface area contributed by atoms with Gasteiger partial charge < -0.3 is 29.5 Å². The summed E-state index contributed by atoms with van der Waals surface area (Å²) < 4.78 is 17.0. The van der Waals surface area contributed by atoms with E-state index in [1.54, 1.807) is 12.1 Å². The van der Waals surface area contributed by atoms with Crippen molar-refractivity contribution in [1.82, 2.24) is 0 Å². The molecule has 0 saturated carbocycles. The maximum Gasteiger partial charge on any atom is 0.124 e. The Kier molecular flexibility index (Phi) is 6.93. The van der Waals surface area contributed by atoms with Crippen LogP contribution >= 0.6 is 11.6 Å². The third-order valence-corrected chi connectivity index (χ3v) is 6.03. The lowest BCUT2D eigenvalue weighted by molar-refractivity contribution is -0.179. The summed E-state index contributed by atoms with van der Waals surface area (Å²) in [7, 11) is 0. The van der Waals surface area contributed by atoms with Crippen molar-refractivity contribution < 1.29 is 29.5 Å². The van der Waals surface area contributed by atoms with Crippen LogP contribution < -0.4 is 4.74 Å². The summed E-state index contributed by atoms with van der Waals surface area (Å²) in [5.74, 6) is 0.817. The molecule has 2 aliphatic rings. The fourth-order valence-corrected chi connectivity index (χ4v) is 4.14. The van der Waals surface area contributed by atoms with E-state index in [0.29, 0.717) is 18.1 Å². The van der Waals surface area contributed by atoms with Crippen LogP contribution in [0.2, 0.25) is 5.02 Å². The van der Waals surface area contributed by atoms with Gasteiger partial charge in [-0.25, -0.2) is 0 Å². The van der Waals surface area contributed by atoms with E-state index in [1.165, 1.54) is 0 Å². The van der Waals surface area contributed by atoms with E-state index in [2.05, 4.69) is 0 Å². The van der Waals surface area contributed by atoms with E-state index in [9.17, 15) is 15.3 Å². The minimum absolute atomic E-state index is 0.113. The highest BCUT2D eigenvalue weighted by Gasteiger charge is 2.37. The largest absolute Gasteiger partial charge is 0.488 e. The molecule has 0 aliphatic carbocycles. The Hall–Kier alpha value is -1.67. The molecule has 0 bridgehead atoms. The van der Waals surface area contributed by atoms with E-state index in [4.69, 9.17) is 25.8 Å². The first-order chi connectivity index (χ1) is 14.5. The van der Waals surface area contributed by atoms with Gasteiger partial charge in [-0.2, -0.15) is 0 Å². The molecule has 0 unspecified atom stereocenters. The molecular formula is C23H27ClO6. The molecule has 3 N–H and O–H groups in total. The quantitative estimate of drug-likeness (QED) is 0.647. The molecule has 2 aromatic rings. The molecule has 2 heterocycles. The number of halogens is 1. The summed E-state index contributed by atoms with van der Waals surface area (Å²) >= 11 is 6.42. The number of rotatable bonds is 6. The van der Waals surface area contributed by atoms with Gasteiger partial charge >= 0.3 is 0 Å². The summed E-state index contributed by atoms with van der Waals surface area (Å²) in [6.45, 7) is 1.17. The molecule has 2 saturated heterocycles. The predicted molar refractivity (Wildman–Crippen MR) is 112 cm³/mol. The lowest BCUT2D eigenvalue weighted by Crippen LogP contribution is -2.44. The Balaban J connectivity index is 1.48. The van der Waals surface area contributed by atoms with Crippen LogP contribution in [0.25, 0.3) is 0 Å². The summed E-state index contributed by atoms with van der Waals surface area (Å²) in [5.41, 5.74) is 2.69. The van der Waals surface area contributed by atoms with E-state index in [-0.39, 0.29) is 19.1 Å². The molecule has 0 radical (unpaired) electrons. The van der Waals surface area contributed by atoms with Crippen molar-refractivity contribution in [1.29, 1.82) is 0 Å². The molecule has 2 fully saturated rings. The zero-order valence-corrected chi connectivity index (χ0v) is 17.4. The van der Waals surface area contributed by atoms with Crippen LogP contribution in [-0.2, 0) is 15.9 Å². The Bertz CT molecular complexity index is 836. The van der Waals surface area contributed by atoms with E-state index < -0.39 is 24.4 Å². The normalized spacial score (nSPS) is 29.1. The number of hydrogen-bond donors (Lipinski definition) is 3. The minimum atomic E-state index is -1.06. The average molecular weight is 435 g/mol. The predicted octanol–water partition coefficient (Wildman–Crippen LogP) is 2.64. The van der Waals surface area contributed by atoms with Gasteiger partial charge in [0.05, 0.1) is 32.0 Å². The fraction of sp³-hybridized carbons (Fsp3) is 0.478. The average Bonchev–Trinajstić information content (AvgIpc) is 3.26. The molecule has 0 spiro atoms. The Morgan fingerprint density at radius 1 is 1.10 bits per heavy atom. The van der Waals surface area contributed by atoms with Crippen molar-refractivity contribution in [3.05, 3.63) is 64.2 Å². The Labute approximate surface area is 181 Å². The first kappa shape index (κ1) is 21.6.